The minimum absolute atomic E-state index is 0.661. The predicted molar refractivity (Wildman–Crippen MR) is 154 cm³/mol. The van der Waals surface area contributed by atoms with Crippen LogP contribution >= 0.6 is 0 Å². The van der Waals surface area contributed by atoms with Crippen LogP contribution in [0.5, 0.6) is 0 Å². The number of nitrogens with zero attached hydrogens (tertiary/aromatic N) is 5. The number of unbranched alkanes of at least 4 members (excludes halogenated alkanes) is 13. The highest BCUT2D eigenvalue weighted by Crippen LogP contribution is 2.27. The summed E-state index contributed by atoms with van der Waals surface area (Å²) >= 11 is 0. The Hall–Kier alpha value is -2.57. The maximum Gasteiger partial charge on any atom is 0.157 e. The van der Waals surface area contributed by atoms with Crippen molar-refractivity contribution in [2.75, 3.05) is 53.6 Å². The number of aromatic nitrogens is 3. The number of anilines is 4. The second-order valence-electron chi connectivity index (χ2n) is 10.1. The van der Waals surface area contributed by atoms with E-state index in [-0.39, 0.29) is 0 Å². The summed E-state index contributed by atoms with van der Waals surface area (Å²) in [7, 11) is 0. The third-order valence-electron chi connectivity index (χ3n) is 7.24. The summed E-state index contributed by atoms with van der Waals surface area (Å²) in [5.41, 5.74) is 7.13. The van der Waals surface area contributed by atoms with Gasteiger partial charge in [-0.3, -0.25) is 0 Å². The van der Waals surface area contributed by atoms with Crippen LogP contribution in [0.25, 0.3) is 0 Å². The third kappa shape index (κ3) is 9.82. The van der Waals surface area contributed by atoms with Crippen LogP contribution in [-0.4, -0.2) is 47.7 Å². The summed E-state index contributed by atoms with van der Waals surface area (Å²) in [5, 5.41) is 3.45. The Morgan fingerprint density at radius 1 is 0.722 bits per heavy atom. The molecular weight excluding hydrogens is 446 g/mol. The van der Waals surface area contributed by atoms with Crippen LogP contribution < -0.4 is 20.9 Å². The van der Waals surface area contributed by atoms with Crippen molar-refractivity contribution >= 4 is 23.1 Å². The lowest BCUT2D eigenvalue weighted by Crippen LogP contribution is -2.47. The molecule has 0 spiro atoms. The Labute approximate surface area is 219 Å². The molecule has 0 aromatic carbocycles. The summed E-state index contributed by atoms with van der Waals surface area (Å²) in [6.45, 7) is 6.75. The maximum absolute atomic E-state index is 6.47. The molecule has 0 unspecified atom stereocenters. The number of hydrogen-bond donors (Lipinski definition) is 2. The first-order chi connectivity index (χ1) is 17.8. The van der Waals surface area contributed by atoms with E-state index in [9.17, 15) is 0 Å². The molecule has 7 heteroatoms. The molecule has 0 aliphatic carbocycles. The van der Waals surface area contributed by atoms with E-state index >= 15 is 0 Å². The number of nitrogen functional groups attached to an aromatic ring is 1. The van der Waals surface area contributed by atoms with Gasteiger partial charge in [0.1, 0.15) is 17.8 Å². The van der Waals surface area contributed by atoms with Gasteiger partial charge in [0.25, 0.3) is 0 Å². The van der Waals surface area contributed by atoms with E-state index in [2.05, 4.69) is 43.1 Å². The Kier molecular flexibility index (Phi) is 13.2. The predicted octanol–water partition coefficient (Wildman–Crippen LogP) is 6.67. The van der Waals surface area contributed by atoms with Gasteiger partial charge in [-0.15, -0.1) is 0 Å². The highest BCUT2D eigenvalue weighted by Gasteiger charge is 2.21. The fourth-order valence-electron chi connectivity index (χ4n) is 4.99. The molecule has 1 aliphatic heterocycles. The topological polar surface area (TPSA) is 83.2 Å². The van der Waals surface area contributed by atoms with Gasteiger partial charge in [0.2, 0.25) is 0 Å². The van der Waals surface area contributed by atoms with Crippen LogP contribution in [0.2, 0.25) is 0 Å². The molecule has 0 bridgehead atoms. The average molecular weight is 496 g/mol. The smallest absolute Gasteiger partial charge is 0.157 e. The number of hydrogen-bond acceptors (Lipinski definition) is 7. The van der Waals surface area contributed by atoms with Crippen molar-refractivity contribution in [3.63, 3.8) is 0 Å². The standard InChI is InChI=1S/C29H49N7/c1-2-3-4-5-6-7-8-9-10-11-12-13-14-16-20-32-28-27(30)29(34-25-33-28)36-23-21-35(22-24-36)26-18-15-17-19-31-26/h15,17-19,25H,2-14,16,20-24,30H2,1H3,(H,32,33,34). The molecular formula is C29H49N7. The van der Waals surface area contributed by atoms with Gasteiger partial charge in [0.15, 0.2) is 11.6 Å². The van der Waals surface area contributed by atoms with Crippen LogP contribution in [-0.2, 0) is 0 Å². The molecule has 36 heavy (non-hydrogen) atoms. The normalized spacial score (nSPS) is 13.8. The lowest BCUT2D eigenvalue weighted by Gasteiger charge is -2.36. The molecule has 3 N–H and O–H groups in total. The third-order valence-corrected chi connectivity index (χ3v) is 7.24. The van der Waals surface area contributed by atoms with Gasteiger partial charge < -0.3 is 20.9 Å². The molecule has 3 rings (SSSR count). The zero-order valence-corrected chi connectivity index (χ0v) is 22.6. The summed E-state index contributed by atoms with van der Waals surface area (Å²) in [5.74, 6) is 2.64. The van der Waals surface area contributed by atoms with E-state index < -0.39 is 0 Å². The molecule has 2 aromatic heterocycles. The summed E-state index contributed by atoms with van der Waals surface area (Å²) < 4.78 is 0. The summed E-state index contributed by atoms with van der Waals surface area (Å²) in [6.07, 6.45) is 22.7. The first-order valence-electron chi connectivity index (χ1n) is 14.5. The van der Waals surface area contributed by atoms with Crippen molar-refractivity contribution in [2.45, 2.75) is 96.8 Å². The first-order valence-corrected chi connectivity index (χ1v) is 14.5. The fraction of sp³-hybridized carbons (Fsp3) is 0.690. The number of piperazine rings is 1. The van der Waals surface area contributed by atoms with Crippen molar-refractivity contribution < 1.29 is 0 Å². The SMILES string of the molecule is CCCCCCCCCCCCCCCCNc1ncnc(N2CCN(c3ccccn3)CC2)c1N. The molecule has 0 saturated carbocycles. The highest BCUT2D eigenvalue weighted by molar-refractivity contribution is 5.75. The zero-order chi connectivity index (χ0) is 25.3. The molecule has 1 saturated heterocycles. The van der Waals surface area contributed by atoms with Gasteiger partial charge >= 0.3 is 0 Å². The van der Waals surface area contributed by atoms with E-state index in [4.69, 9.17) is 5.73 Å². The van der Waals surface area contributed by atoms with Crippen LogP contribution in [0.1, 0.15) is 96.8 Å². The fourth-order valence-corrected chi connectivity index (χ4v) is 4.99. The minimum Gasteiger partial charge on any atom is -0.393 e. The number of pyridine rings is 1. The highest BCUT2D eigenvalue weighted by atomic mass is 15.3. The van der Waals surface area contributed by atoms with Gasteiger partial charge in [0.05, 0.1) is 0 Å². The van der Waals surface area contributed by atoms with Crippen LogP contribution in [0.3, 0.4) is 0 Å². The number of nitrogens with two attached hydrogens (primary N) is 1. The van der Waals surface area contributed by atoms with Crippen LogP contribution in [0.15, 0.2) is 30.7 Å². The van der Waals surface area contributed by atoms with Crippen LogP contribution in [0, 0.1) is 0 Å². The monoisotopic (exact) mass is 495 g/mol. The Bertz CT molecular complexity index is 822. The van der Waals surface area contributed by atoms with E-state index in [0.29, 0.717) is 5.69 Å². The molecule has 2 aromatic rings. The van der Waals surface area contributed by atoms with Gasteiger partial charge in [-0.2, -0.15) is 0 Å². The van der Waals surface area contributed by atoms with E-state index in [1.165, 1.54) is 83.5 Å². The molecule has 7 nitrogen and oxygen atoms in total. The number of nitrogens with one attached hydrogen (secondary N) is 1. The molecule has 0 amide bonds. The second kappa shape index (κ2) is 17.0. The minimum atomic E-state index is 0.661. The molecule has 1 fully saturated rings. The van der Waals surface area contributed by atoms with Crippen molar-refractivity contribution in [2.24, 2.45) is 0 Å². The zero-order valence-electron chi connectivity index (χ0n) is 22.6. The number of rotatable bonds is 18. The van der Waals surface area contributed by atoms with Gasteiger partial charge in [0, 0.05) is 38.9 Å². The largest absolute Gasteiger partial charge is 0.393 e. The van der Waals surface area contributed by atoms with Crippen molar-refractivity contribution in [3.05, 3.63) is 30.7 Å². The summed E-state index contributed by atoms with van der Waals surface area (Å²) in [6, 6.07) is 6.05. The van der Waals surface area contributed by atoms with Crippen molar-refractivity contribution in [1.29, 1.82) is 0 Å². The van der Waals surface area contributed by atoms with Gasteiger partial charge in [-0.1, -0.05) is 96.5 Å². The van der Waals surface area contributed by atoms with Gasteiger partial charge in [-0.05, 0) is 18.6 Å². The van der Waals surface area contributed by atoms with Crippen molar-refractivity contribution in [1.82, 2.24) is 15.0 Å². The average Bonchev–Trinajstić information content (AvgIpc) is 2.92. The molecule has 0 atom stereocenters. The quantitative estimate of drug-likeness (QED) is 0.223. The lowest BCUT2D eigenvalue weighted by atomic mass is 10.0. The van der Waals surface area contributed by atoms with E-state index in [0.717, 1.165) is 56.6 Å². The second-order valence-corrected chi connectivity index (χ2v) is 10.1. The van der Waals surface area contributed by atoms with Gasteiger partial charge in [-0.25, -0.2) is 15.0 Å². The summed E-state index contributed by atoms with van der Waals surface area (Å²) in [4.78, 5) is 17.9. The molecule has 200 valence electrons. The molecule has 1 aliphatic rings. The van der Waals surface area contributed by atoms with E-state index in [1.807, 2.05) is 18.3 Å². The Morgan fingerprint density at radius 2 is 1.31 bits per heavy atom. The van der Waals surface area contributed by atoms with E-state index in [1.54, 1.807) is 6.33 Å². The van der Waals surface area contributed by atoms with Crippen LogP contribution in [0.4, 0.5) is 23.1 Å². The lowest BCUT2D eigenvalue weighted by molar-refractivity contribution is 0.537. The maximum atomic E-state index is 6.47. The Balaban J connectivity index is 1.24. The molecule has 0 radical (unpaired) electrons. The molecule has 3 heterocycles. The van der Waals surface area contributed by atoms with Crippen molar-refractivity contribution in [3.8, 4) is 0 Å². The Morgan fingerprint density at radius 3 is 1.89 bits per heavy atom. The first kappa shape index (κ1) is 28.0.